The zero-order chi connectivity index (χ0) is 19.7. The highest BCUT2D eigenvalue weighted by Crippen LogP contribution is 2.45. The predicted octanol–water partition coefficient (Wildman–Crippen LogP) is 6.66. The van der Waals surface area contributed by atoms with Crippen molar-refractivity contribution in [3.8, 4) is 0 Å². The molecule has 1 aromatic heterocycles. The molecule has 0 N–H and O–H groups in total. The number of rotatable bonds is 3. The summed E-state index contributed by atoms with van der Waals surface area (Å²) in [5.74, 6) is 0.359. The number of pyridine rings is 1. The number of fused-ring (bicyclic) bond motifs is 1. The number of aryl methyl sites for hydroxylation is 1. The highest BCUT2D eigenvalue weighted by atomic mass is 15.2. The standard InChI is InChI=1S/C26H26N2/c1-18-14-15-25(27-17-18)19(2)16-24-20(3)21(4)28(22-10-6-5-7-11-22)26-13-9-8-12-23(24)26/h5-17,20-21H,2H2,1,3-4H3/b24-16+/t20?,21-/m0/s1. The van der Waals surface area contributed by atoms with E-state index < -0.39 is 0 Å². The minimum atomic E-state index is 0.335. The van der Waals surface area contributed by atoms with Crippen molar-refractivity contribution in [2.45, 2.75) is 26.8 Å². The van der Waals surface area contributed by atoms with Crippen molar-refractivity contribution in [1.29, 1.82) is 0 Å². The van der Waals surface area contributed by atoms with E-state index in [0.29, 0.717) is 12.0 Å². The molecule has 140 valence electrons. The molecular formula is C26H26N2. The first-order valence-corrected chi connectivity index (χ1v) is 9.83. The third-order valence-electron chi connectivity index (χ3n) is 5.70. The third-order valence-corrected chi connectivity index (χ3v) is 5.70. The van der Waals surface area contributed by atoms with Crippen molar-refractivity contribution < 1.29 is 0 Å². The zero-order valence-electron chi connectivity index (χ0n) is 16.8. The van der Waals surface area contributed by atoms with E-state index >= 15 is 0 Å². The molecule has 28 heavy (non-hydrogen) atoms. The number of allylic oxidation sites excluding steroid dienone is 2. The van der Waals surface area contributed by atoms with E-state index in [2.05, 4.69) is 104 Å². The van der Waals surface area contributed by atoms with E-state index in [4.69, 9.17) is 0 Å². The van der Waals surface area contributed by atoms with Crippen LogP contribution in [0.15, 0.2) is 85.6 Å². The minimum absolute atomic E-state index is 0.335. The van der Waals surface area contributed by atoms with Crippen LogP contribution in [0.3, 0.4) is 0 Å². The molecule has 0 bridgehead atoms. The van der Waals surface area contributed by atoms with Crippen molar-refractivity contribution >= 4 is 22.5 Å². The molecule has 1 aliphatic rings. The number of anilines is 2. The van der Waals surface area contributed by atoms with Gasteiger partial charge in [0.1, 0.15) is 0 Å². The van der Waals surface area contributed by atoms with Gasteiger partial charge in [0, 0.05) is 35.1 Å². The maximum absolute atomic E-state index is 4.55. The van der Waals surface area contributed by atoms with Crippen LogP contribution >= 0.6 is 0 Å². The quantitative estimate of drug-likeness (QED) is 0.515. The molecule has 0 saturated heterocycles. The molecule has 0 amide bonds. The second kappa shape index (κ2) is 7.47. The lowest BCUT2D eigenvalue weighted by molar-refractivity contribution is 0.569. The van der Waals surface area contributed by atoms with Gasteiger partial charge >= 0.3 is 0 Å². The molecule has 3 aromatic rings. The van der Waals surface area contributed by atoms with Crippen molar-refractivity contribution in [1.82, 2.24) is 4.98 Å². The minimum Gasteiger partial charge on any atom is -0.338 e. The van der Waals surface area contributed by atoms with E-state index in [1.807, 2.05) is 12.3 Å². The molecule has 0 saturated carbocycles. The fourth-order valence-electron chi connectivity index (χ4n) is 3.97. The summed E-state index contributed by atoms with van der Waals surface area (Å²) < 4.78 is 0. The SMILES string of the molecule is C=C(/C=C1/c2ccccc2N(c2ccccc2)[C@@H](C)C1C)c1ccc(C)cn1. The summed E-state index contributed by atoms with van der Waals surface area (Å²) in [5, 5.41) is 0. The number of hydrogen-bond acceptors (Lipinski definition) is 2. The summed E-state index contributed by atoms with van der Waals surface area (Å²) in [6, 6.07) is 23.8. The number of nitrogens with zero attached hydrogens (tertiary/aromatic N) is 2. The van der Waals surface area contributed by atoms with Crippen LogP contribution in [-0.2, 0) is 0 Å². The predicted molar refractivity (Wildman–Crippen MR) is 120 cm³/mol. The number of hydrogen-bond donors (Lipinski definition) is 0. The first-order valence-electron chi connectivity index (χ1n) is 9.83. The molecule has 4 rings (SSSR count). The molecule has 1 aliphatic heterocycles. The van der Waals surface area contributed by atoms with Gasteiger partial charge in [-0.15, -0.1) is 0 Å². The maximum Gasteiger partial charge on any atom is 0.0696 e. The van der Waals surface area contributed by atoms with Gasteiger partial charge in [-0.25, -0.2) is 0 Å². The molecule has 2 nitrogen and oxygen atoms in total. The molecular weight excluding hydrogens is 340 g/mol. The van der Waals surface area contributed by atoms with Gasteiger partial charge in [-0.1, -0.05) is 56.0 Å². The van der Waals surface area contributed by atoms with Gasteiger partial charge in [0.05, 0.1) is 5.69 Å². The Morgan fingerprint density at radius 3 is 2.39 bits per heavy atom. The van der Waals surface area contributed by atoms with Crippen LogP contribution in [0.25, 0.3) is 11.1 Å². The maximum atomic E-state index is 4.55. The molecule has 0 fully saturated rings. The lowest BCUT2D eigenvalue weighted by Gasteiger charge is -2.42. The van der Waals surface area contributed by atoms with Gasteiger partial charge in [-0.2, -0.15) is 0 Å². The summed E-state index contributed by atoms with van der Waals surface area (Å²) in [5.41, 5.74) is 8.11. The van der Waals surface area contributed by atoms with Crippen LogP contribution in [0.1, 0.15) is 30.7 Å². The van der Waals surface area contributed by atoms with Crippen LogP contribution in [0, 0.1) is 12.8 Å². The lowest BCUT2D eigenvalue weighted by atomic mass is 9.81. The van der Waals surface area contributed by atoms with Gasteiger partial charge in [-0.05, 0) is 60.9 Å². The Bertz CT molecular complexity index is 1020. The smallest absolute Gasteiger partial charge is 0.0696 e. The average Bonchev–Trinajstić information content (AvgIpc) is 2.72. The Kier molecular flexibility index (Phi) is 4.87. The molecule has 0 aliphatic carbocycles. The van der Waals surface area contributed by atoms with E-state index in [0.717, 1.165) is 16.8 Å². The fraction of sp³-hybridized carbons (Fsp3) is 0.192. The molecule has 2 heteroatoms. The number of benzene rings is 2. The van der Waals surface area contributed by atoms with Gasteiger partial charge in [0.25, 0.3) is 0 Å². The van der Waals surface area contributed by atoms with Gasteiger partial charge < -0.3 is 4.90 Å². The van der Waals surface area contributed by atoms with E-state index in [1.54, 1.807) is 0 Å². The van der Waals surface area contributed by atoms with Crippen molar-refractivity contribution in [2.75, 3.05) is 4.90 Å². The molecule has 2 aromatic carbocycles. The van der Waals surface area contributed by atoms with Crippen LogP contribution < -0.4 is 4.90 Å². The summed E-state index contributed by atoms with van der Waals surface area (Å²) >= 11 is 0. The largest absolute Gasteiger partial charge is 0.338 e. The second-order valence-corrected chi connectivity index (χ2v) is 7.60. The lowest BCUT2D eigenvalue weighted by Crippen LogP contribution is -2.38. The fourth-order valence-corrected chi connectivity index (χ4v) is 3.97. The second-order valence-electron chi connectivity index (χ2n) is 7.60. The van der Waals surface area contributed by atoms with Gasteiger partial charge in [0.2, 0.25) is 0 Å². The first kappa shape index (κ1) is 18.2. The Hall–Kier alpha value is -3.13. The summed E-state index contributed by atoms with van der Waals surface area (Å²) in [6.45, 7) is 11.0. The summed E-state index contributed by atoms with van der Waals surface area (Å²) in [6.07, 6.45) is 4.12. The highest BCUT2D eigenvalue weighted by Gasteiger charge is 2.33. The summed E-state index contributed by atoms with van der Waals surface area (Å²) in [4.78, 5) is 7.00. The monoisotopic (exact) mass is 366 g/mol. The Morgan fingerprint density at radius 1 is 0.964 bits per heavy atom. The van der Waals surface area contributed by atoms with Crippen molar-refractivity contribution in [3.05, 3.63) is 102 Å². The van der Waals surface area contributed by atoms with Crippen molar-refractivity contribution in [3.63, 3.8) is 0 Å². The van der Waals surface area contributed by atoms with Gasteiger partial charge in [0.15, 0.2) is 0 Å². The first-order chi connectivity index (χ1) is 13.6. The van der Waals surface area contributed by atoms with Gasteiger partial charge in [-0.3, -0.25) is 4.98 Å². The van der Waals surface area contributed by atoms with E-state index in [9.17, 15) is 0 Å². The number of para-hydroxylation sites is 2. The van der Waals surface area contributed by atoms with Crippen LogP contribution in [0.2, 0.25) is 0 Å². The molecule has 0 spiro atoms. The van der Waals surface area contributed by atoms with Crippen LogP contribution in [-0.4, -0.2) is 11.0 Å². The summed E-state index contributed by atoms with van der Waals surface area (Å²) in [7, 11) is 0. The van der Waals surface area contributed by atoms with E-state index in [-0.39, 0.29) is 0 Å². The van der Waals surface area contributed by atoms with Crippen LogP contribution in [0.5, 0.6) is 0 Å². The molecule has 0 radical (unpaired) electrons. The highest BCUT2D eigenvalue weighted by molar-refractivity contribution is 5.90. The Balaban J connectivity index is 1.80. The zero-order valence-corrected chi connectivity index (χ0v) is 16.8. The van der Waals surface area contributed by atoms with Crippen molar-refractivity contribution in [2.24, 2.45) is 5.92 Å². The Labute approximate surface area is 167 Å². The average molecular weight is 367 g/mol. The number of aromatic nitrogens is 1. The Morgan fingerprint density at radius 2 is 1.68 bits per heavy atom. The topological polar surface area (TPSA) is 16.1 Å². The molecule has 2 atom stereocenters. The van der Waals surface area contributed by atoms with E-state index in [1.165, 1.54) is 22.5 Å². The molecule has 1 unspecified atom stereocenters. The normalized spacial score (nSPS) is 20.1. The third kappa shape index (κ3) is 3.27. The van der Waals surface area contributed by atoms with Crippen LogP contribution in [0.4, 0.5) is 11.4 Å². The molecule has 2 heterocycles.